The Balaban J connectivity index is 2.15. The van der Waals surface area contributed by atoms with E-state index in [-0.39, 0.29) is 5.82 Å². The lowest BCUT2D eigenvalue weighted by molar-refractivity contribution is 0.621. The zero-order chi connectivity index (χ0) is 15.1. The molecule has 0 nitrogen and oxygen atoms in total. The lowest BCUT2D eigenvalue weighted by atomic mass is 9.84. The quantitative estimate of drug-likeness (QED) is 0.629. The molecule has 0 heterocycles. The first-order chi connectivity index (χ1) is 9.97. The van der Waals surface area contributed by atoms with Crippen molar-refractivity contribution < 1.29 is 4.39 Å². The van der Waals surface area contributed by atoms with Gasteiger partial charge in [0.1, 0.15) is 5.82 Å². The van der Waals surface area contributed by atoms with Gasteiger partial charge in [-0.3, -0.25) is 0 Å². The highest BCUT2D eigenvalue weighted by atomic mass is 35.5. The van der Waals surface area contributed by atoms with Crippen molar-refractivity contribution >= 4 is 22.7 Å². The Hall–Kier alpha value is -1.86. The SMILES string of the molecule is C=C1C=C(c2c(C)cc(C)cc2F)Cc2c(Cl)cccc21. The number of allylic oxidation sites excluding steroid dienone is 3. The molecular formula is C19H16ClF. The van der Waals surface area contributed by atoms with Gasteiger partial charge in [0.15, 0.2) is 0 Å². The Kier molecular flexibility index (Phi) is 3.46. The van der Waals surface area contributed by atoms with Crippen molar-refractivity contribution in [3.8, 4) is 0 Å². The summed E-state index contributed by atoms with van der Waals surface area (Å²) >= 11 is 6.30. The standard InChI is InChI=1S/C19H16ClF/c1-11-7-13(3)19(18(21)8-11)14-9-12(2)15-5-4-6-17(20)16(15)10-14/h4-9H,2,10H2,1,3H3. The third-order valence-electron chi connectivity index (χ3n) is 3.93. The number of halogens is 2. The van der Waals surface area contributed by atoms with E-state index in [2.05, 4.69) is 6.58 Å². The summed E-state index contributed by atoms with van der Waals surface area (Å²) in [5, 5.41) is 0.712. The van der Waals surface area contributed by atoms with Crippen LogP contribution in [-0.4, -0.2) is 0 Å². The summed E-state index contributed by atoms with van der Waals surface area (Å²) in [6.45, 7) is 7.94. The smallest absolute Gasteiger partial charge is 0.131 e. The molecule has 106 valence electrons. The Morgan fingerprint density at radius 1 is 1.19 bits per heavy atom. The van der Waals surface area contributed by atoms with E-state index in [1.165, 1.54) is 0 Å². The van der Waals surface area contributed by atoms with E-state index < -0.39 is 0 Å². The van der Waals surface area contributed by atoms with Crippen LogP contribution < -0.4 is 0 Å². The maximum Gasteiger partial charge on any atom is 0.131 e. The van der Waals surface area contributed by atoms with Crippen LogP contribution in [0.5, 0.6) is 0 Å². The van der Waals surface area contributed by atoms with Gasteiger partial charge >= 0.3 is 0 Å². The number of hydrogen-bond acceptors (Lipinski definition) is 0. The number of aryl methyl sites for hydroxylation is 2. The molecule has 0 N–H and O–H groups in total. The van der Waals surface area contributed by atoms with E-state index in [0.717, 1.165) is 33.4 Å². The van der Waals surface area contributed by atoms with Crippen LogP contribution >= 0.6 is 11.6 Å². The second-order valence-corrected chi connectivity index (χ2v) is 5.98. The van der Waals surface area contributed by atoms with Crippen molar-refractivity contribution in [2.45, 2.75) is 20.3 Å². The third-order valence-corrected chi connectivity index (χ3v) is 4.29. The van der Waals surface area contributed by atoms with Gasteiger partial charge in [-0.05, 0) is 59.4 Å². The van der Waals surface area contributed by atoms with Gasteiger partial charge in [0.2, 0.25) is 0 Å². The summed E-state index contributed by atoms with van der Waals surface area (Å²) in [7, 11) is 0. The van der Waals surface area contributed by atoms with E-state index in [0.29, 0.717) is 17.0 Å². The Labute approximate surface area is 129 Å². The molecule has 0 atom stereocenters. The molecule has 2 aromatic carbocycles. The van der Waals surface area contributed by atoms with Crippen LogP contribution in [0.25, 0.3) is 11.1 Å². The lowest BCUT2D eigenvalue weighted by Gasteiger charge is -2.22. The van der Waals surface area contributed by atoms with Crippen LogP contribution in [0, 0.1) is 19.7 Å². The number of rotatable bonds is 1. The van der Waals surface area contributed by atoms with Crippen molar-refractivity contribution in [1.82, 2.24) is 0 Å². The van der Waals surface area contributed by atoms with Gasteiger partial charge in [-0.15, -0.1) is 0 Å². The molecule has 0 aliphatic heterocycles. The predicted molar refractivity (Wildman–Crippen MR) is 88.0 cm³/mol. The molecule has 0 amide bonds. The average molecular weight is 299 g/mol. The van der Waals surface area contributed by atoms with E-state index in [1.54, 1.807) is 6.07 Å². The fourth-order valence-corrected chi connectivity index (χ4v) is 3.29. The Morgan fingerprint density at radius 3 is 2.67 bits per heavy atom. The molecule has 0 aromatic heterocycles. The molecule has 3 rings (SSSR count). The first-order valence-electron chi connectivity index (χ1n) is 6.91. The van der Waals surface area contributed by atoms with Crippen LogP contribution in [0.4, 0.5) is 4.39 Å². The van der Waals surface area contributed by atoms with Crippen molar-refractivity contribution in [2.75, 3.05) is 0 Å². The highest BCUT2D eigenvalue weighted by Gasteiger charge is 2.20. The van der Waals surface area contributed by atoms with Crippen LogP contribution in [0.1, 0.15) is 27.8 Å². The molecule has 0 saturated carbocycles. The van der Waals surface area contributed by atoms with Crippen LogP contribution in [-0.2, 0) is 6.42 Å². The maximum atomic E-state index is 14.4. The number of fused-ring (bicyclic) bond motifs is 1. The van der Waals surface area contributed by atoms with Gasteiger partial charge in [-0.1, -0.05) is 42.5 Å². The van der Waals surface area contributed by atoms with E-state index in [9.17, 15) is 4.39 Å². The third kappa shape index (κ3) is 2.43. The summed E-state index contributed by atoms with van der Waals surface area (Å²) in [5.41, 5.74) is 6.46. The summed E-state index contributed by atoms with van der Waals surface area (Å²) in [4.78, 5) is 0. The van der Waals surface area contributed by atoms with Crippen LogP contribution in [0.15, 0.2) is 43.0 Å². The van der Waals surface area contributed by atoms with Crippen molar-refractivity contribution in [2.24, 2.45) is 0 Å². The average Bonchev–Trinajstić information content (AvgIpc) is 2.39. The maximum absolute atomic E-state index is 14.4. The second kappa shape index (κ2) is 5.16. The topological polar surface area (TPSA) is 0 Å². The van der Waals surface area contributed by atoms with E-state index >= 15 is 0 Å². The molecule has 21 heavy (non-hydrogen) atoms. The lowest BCUT2D eigenvalue weighted by Crippen LogP contribution is -2.05. The molecule has 2 aromatic rings. The normalized spacial score (nSPS) is 13.9. The highest BCUT2D eigenvalue weighted by molar-refractivity contribution is 6.31. The first kappa shape index (κ1) is 14.1. The Morgan fingerprint density at radius 2 is 1.95 bits per heavy atom. The Bertz CT molecular complexity index is 761. The van der Waals surface area contributed by atoms with Gasteiger partial charge in [0.05, 0.1) is 0 Å². The molecule has 0 saturated heterocycles. The minimum absolute atomic E-state index is 0.179. The molecular weight excluding hydrogens is 283 g/mol. The van der Waals surface area contributed by atoms with Crippen molar-refractivity contribution in [3.63, 3.8) is 0 Å². The largest absolute Gasteiger partial charge is 0.206 e. The van der Waals surface area contributed by atoms with Crippen LogP contribution in [0.2, 0.25) is 5.02 Å². The predicted octanol–water partition coefficient (Wildman–Crippen LogP) is 5.75. The molecule has 0 unspecified atom stereocenters. The summed E-state index contributed by atoms with van der Waals surface area (Å²) in [5.74, 6) is -0.179. The summed E-state index contributed by atoms with van der Waals surface area (Å²) < 4.78 is 14.4. The molecule has 2 heteroatoms. The second-order valence-electron chi connectivity index (χ2n) is 5.58. The van der Waals surface area contributed by atoms with Crippen LogP contribution in [0.3, 0.4) is 0 Å². The fraction of sp³-hybridized carbons (Fsp3) is 0.158. The highest BCUT2D eigenvalue weighted by Crippen LogP contribution is 2.38. The molecule has 0 fully saturated rings. The molecule has 1 aliphatic rings. The van der Waals surface area contributed by atoms with Gasteiger partial charge < -0.3 is 0 Å². The number of hydrogen-bond donors (Lipinski definition) is 0. The molecule has 0 bridgehead atoms. The molecule has 0 spiro atoms. The molecule has 1 aliphatic carbocycles. The minimum atomic E-state index is -0.179. The first-order valence-corrected chi connectivity index (χ1v) is 7.29. The zero-order valence-corrected chi connectivity index (χ0v) is 12.9. The van der Waals surface area contributed by atoms with Crippen molar-refractivity contribution in [3.05, 3.63) is 81.6 Å². The van der Waals surface area contributed by atoms with Gasteiger partial charge in [-0.2, -0.15) is 0 Å². The zero-order valence-electron chi connectivity index (χ0n) is 12.1. The van der Waals surface area contributed by atoms with E-state index in [4.69, 9.17) is 11.6 Å². The molecule has 0 radical (unpaired) electrons. The minimum Gasteiger partial charge on any atom is -0.206 e. The monoisotopic (exact) mass is 298 g/mol. The fourth-order valence-electron chi connectivity index (χ4n) is 3.05. The van der Waals surface area contributed by atoms with Gasteiger partial charge in [0, 0.05) is 17.0 Å². The van der Waals surface area contributed by atoms with Gasteiger partial charge in [-0.25, -0.2) is 4.39 Å². The van der Waals surface area contributed by atoms with Gasteiger partial charge in [0.25, 0.3) is 0 Å². The van der Waals surface area contributed by atoms with E-state index in [1.807, 2.05) is 44.2 Å². The number of benzene rings is 2. The summed E-state index contributed by atoms with van der Waals surface area (Å²) in [6, 6.07) is 9.38. The van der Waals surface area contributed by atoms with Crippen molar-refractivity contribution in [1.29, 1.82) is 0 Å². The summed E-state index contributed by atoms with van der Waals surface area (Å²) in [6.07, 6.45) is 2.61.